The van der Waals surface area contributed by atoms with E-state index < -0.39 is 0 Å². The average molecular weight is 277 g/mol. The number of rotatable bonds is 2. The van der Waals surface area contributed by atoms with Crippen molar-refractivity contribution in [2.75, 3.05) is 13.1 Å². The summed E-state index contributed by atoms with van der Waals surface area (Å²) < 4.78 is 2.14. The average Bonchev–Trinajstić information content (AvgIpc) is 3.00. The molecule has 2 aliphatic heterocycles. The number of nitrogens with zero attached hydrogens (tertiary/aromatic N) is 4. The van der Waals surface area contributed by atoms with Gasteiger partial charge in [-0.15, -0.1) is 10.2 Å². The molecule has 0 unspecified atom stereocenters. The Morgan fingerprint density at radius 2 is 2.20 bits per heavy atom. The molecule has 1 fully saturated rings. The van der Waals surface area contributed by atoms with Crippen molar-refractivity contribution in [2.45, 2.75) is 52.1 Å². The van der Waals surface area contributed by atoms with Gasteiger partial charge in [-0.3, -0.25) is 0 Å². The first-order valence-electron chi connectivity index (χ1n) is 7.62. The first-order valence-corrected chi connectivity index (χ1v) is 7.62. The number of carbonyl (C=O) groups excluding carboxylic acids is 1. The quantitative estimate of drug-likeness (QED) is 0.895. The van der Waals surface area contributed by atoms with Gasteiger partial charge in [-0.2, -0.15) is 0 Å². The predicted octanol–water partition coefficient (Wildman–Crippen LogP) is 1.73. The molecule has 1 aromatic rings. The third-order valence-electron chi connectivity index (χ3n) is 4.31. The number of hydrogen-bond donors (Lipinski definition) is 1. The molecule has 0 aromatic carbocycles. The lowest BCUT2D eigenvalue weighted by Gasteiger charge is -2.31. The van der Waals surface area contributed by atoms with E-state index in [0.29, 0.717) is 5.92 Å². The van der Waals surface area contributed by atoms with E-state index in [0.717, 1.165) is 50.5 Å². The van der Waals surface area contributed by atoms with Crippen LogP contribution in [0.4, 0.5) is 4.79 Å². The van der Waals surface area contributed by atoms with Crippen molar-refractivity contribution in [3.63, 3.8) is 0 Å². The van der Waals surface area contributed by atoms with Gasteiger partial charge in [0.05, 0.1) is 6.04 Å². The number of urea groups is 1. The van der Waals surface area contributed by atoms with E-state index in [1.165, 1.54) is 6.42 Å². The van der Waals surface area contributed by atoms with Crippen LogP contribution in [0.25, 0.3) is 0 Å². The van der Waals surface area contributed by atoms with Crippen molar-refractivity contribution in [1.29, 1.82) is 0 Å². The van der Waals surface area contributed by atoms with Crippen LogP contribution in [0.1, 0.15) is 50.8 Å². The maximum absolute atomic E-state index is 12.3. The van der Waals surface area contributed by atoms with E-state index in [2.05, 4.69) is 27.0 Å². The van der Waals surface area contributed by atoms with Crippen LogP contribution in [-0.4, -0.2) is 38.8 Å². The molecule has 2 atom stereocenters. The summed E-state index contributed by atoms with van der Waals surface area (Å²) in [4.78, 5) is 14.2. The van der Waals surface area contributed by atoms with Crippen molar-refractivity contribution in [2.24, 2.45) is 5.92 Å². The van der Waals surface area contributed by atoms with Crippen molar-refractivity contribution < 1.29 is 4.79 Å². The lowest BCUT2D eigenvalue weighted by atomic mass is 10.0. The molecule has 3 rings (SSSR count). The zero-order chi connectivity index (χ0) is 14.1. The minimum atomic E-state index is -0.0842. The maximum Gasteiger partial charge on any atom is 0.317 e. The second kappa shape index (κ2) is 5.42. The molecule has 0 saturated carbocycles. The Bertz CT molecular complexity index is 498. The molecule has 0 aliphatic carbocycles. The minimum absolute atomic E-state index is 0.0272. The topological polar surface area (TPSA) is 63.1 Å². The molecule has 110 valence electrons. The fourth-order valence-electron chi connectivity index (χ4n) is 3.21. The number of hydrogen-bond acceptors (Lipinski definition) is 3. The van der Waals surface area contributed by atoms with Gasteiger partial charge in [0.15, 0.2) is 5.82 Å². The van der Waals surface area contributed by atoms with Gasteiger partial charge in [0.25, 0.3) is 0 Å². The third kappa shape index (κ3) is 2.51. The highest BCUT2D eigenvalue weighted by Gasteiger charge is 2.25. The molecule has 1 aromatic heterocycles. The second-order valence-electron chi connectivity index (χ2n) is 6.09. The van der Waals surface area contributed by atoms with Gasteiger partial charge in [0.2, 0.25) is 0 Å². The van der Waals surface area contributed by atoms with E-state index in [-0.39, 0.29) is 12.1 Å². The van der Waals surface area contributed by atoms with Crippen molar-refractivity contribution in [3.05, 3.63) is 11.6 Å². The summed E-state index contributed by atoms with van der Waals surface area (Å²) >= 11 is 0. The van der Waals surface area contributed by atoms with E-state index in [4.69, 9.17) is 0 Å². The Morgan fingerprint density at radius 1 is 1.35 bits per heavy atom. The van der Waals surface area contributed by atoms with Gasteiger partial charge >= 0.3 is 6.03 Å². The number of piperidine rings is 1. The summed E-state index contributed by atoms with van der Waals surface area (Å²) in [6, 6.07) is -0.0570. The number of carbonyl (C=O) groups is 1. The number of likely N-dealkylation sites (tertiary alicyclic amines) is 1. The molecular weight excluding hydrogens is 254 g/mol. The van der Waals surface area contributed by atoms with E-state index in [1.54, 1.807) is 0 Å². The molecule has 0 spiro atoms. The van der Waals surface area contributed by atoms with Crippen LogP contribution in [0.5, 0.6) is 0 Å². The van der Waals surface area contributed by atoms with Gasteiger partial charge in [-0.25, -0.2) is 4.79 Å². The molecule has 0 bridgehead atoms. The molecule has 1 saturated heterocycles. The first-order chi connectivity index (χ1) is 9.65. The first kappa shape index (κ1) is 13.4. The highest BCUT2D eigenvalue weighted by Crippen LogP contribution is 2.20. The van der Waals surface area contributed by atoms with E-state index in [1.807, 2.05) is 11.8 Å². The van der Waals surface area contributed by atoms with Gasteiger partial charge in [-0.05, 0) is 32.1 Å². The SMILES string of the molecule is C[C@@H]1CCCN(C(=O)N[C@H](C)c2nnc3n2CCC3)C1. The molecule has 3 heterocycles. The van der Waals surface area contributed by atoms with Crippen LogP contribution in [0.2, 0.25) is 0 Å². The second-order valence-corrected chi connectivity index (χ2v) is 6.09. The van der Waals surface area contributed by atoms with Crippen molar-refractivity contribution in [3.8, 4) is 0 Å². The molecule has 1 N–H and O–H groups in total. The Balaban J connectivity index is 1.63. The Labute approximate surface area is 119 Å². The summed E-state index contributed by atoms with van der Waals surface area (Å²) in [6.45, 7) is 6.88. The molecule has 2 amide bonds. The largest absolute Gasteiger partial charge is 0.328 e. The minimum Gasteiger partial charge on any atom is -0.328 e. The molecule has 2 aliphatic rings. The van der Waals surface area contributed by atoms with Crippen molar-refractivity contribution >= 4 is 6.03 Å². The number of nitrogens with one attached hydrogen (secondary N) is 1. The Hall–Kier alpha value is -1.59. The summed E-state index contributed by atoms with van der Waals surface area (Å²) in [5.74, 6) is 2.53. The Morgan fingerprint density at radius 3 is 3.00 bits per heavy atom. The van der Waals surface area contributed by atoms with Gasteiger partial charge in [-0.1, -0.05) is 6.92 Å². The normalized spacial score (nSPS) is 23.5. The highest BCUT2D eigenvalue weighted by atomic mass is 16.2. The summed E-state index contributed by atoms with van der Waals surface area (Å²) in [6.07, 6.45) is 4.44. The van der Waals surface area contributed by atoms with Crippen LogP contribution < -0.4 is 5.32 Å². The molecule has 6 nitrogen and oxygen atoms in total. The predicted molar refractivity (Wildman–Crippen MR) is 75.3 cm³/mol. The fourth-order valence-corrected chi connectivity index (χ4v) is 3.21. The van der Waals surface area contributed by atoms with Crippen LogP contribution >= 0.6 is 0 Å². The molecule has 6 heteroatoms. The zero-order valence-corrected chi connectivity index (χ0v) is 12.3. The lowest BCUT2D eigenvalue weighted by molar-refractivity contribution is 0.166. The van der Waals surface area contributed by atoms with Crippen LogP contribution in [0.3, 0.4) is 0 Å². The van der Waals surface area contributed by atoms with Crippen molar-refractivity contribution in [1.82, 2.24) is 25.0 Å². The molecule has 20 heavy (non-hydrogen) atoms. The third-order valence-corrected chi connectivity index (χ3v) is 4.31. The molecule has 0 radical (unpaired) electrons. The standard InChI is InChI=1S/C14H23N5O/c1-10-5-3-7-18(9-10)14(20)15-11(2)13-17-16-12-6-4-8-19(12)13/h10-11H,3-9H2,1-2H3,(H,15,20)/t10-,11-/m1/s1. The Kier molecular flexibility index (Phi) is 3.63. The van der Waals surface area contributed by atoms with Gasteiger partial charge in [0.1, 0.15) is 5.82 Å². The number of aromatic nitrogens is 3. The number of aryl methyl sites for hydroxylation is 1. The van der Waals surface area contributed by atoms with Gasteiger partial charge < -0.3 is 14.8 Å². The number of fused-ring (bicyclic) bond motifs is 1. The lowest BCUT2D eigenvalue weighted by Crippen LogP contribution is -2.46. The van der Waals surface area contributed by atoms with Crippen LogP contribution in [0.15, 0.2) is 0 Å². The van der Waals surface area contributed by atoms with E-state index >= 15 is 0 Å². The summed E-state index contributed by atoms with van der Waals surface area (Å²) in [7, 11) is 0. The fraction of sp³-hybridized carbons (Fsp3) is 0.786. The summed E-state index contributed by atoms with van der Waals surface area (Å²) in [5.41, 5.74) is 0. The van der Waals surface area contributed by atoms with Crippen LogP contribution in [0, 0.1) is 5.92 Å². The van der Waals surface area contributed by atoms with Crippen LogP contribution in [-0.2, 0) is 13.0 Å². The maximum atomic E-state index is 12.3. The van der Waals surface area contributed by atoms with Gasteiger partial charge in [0, 0.05) is 26.1 Å². The van der Waals surface area contributed by atoms with E-state index in [9.17, 15) is 4.79 Å². The number of amides is 2. The monoisotopic (exact) mass is 277 g/mol. The smallest absolute Gasteiger partial charge is 0.317 e. The summed E-state index contributed by atoms with van der Waals surface area (Å²) in [5, 5.41) is 11.5. The molecular formula is C14H23N5O. The zero-order valence-electron chi connectivity index (χ0n) is 12.3. The highest BCUT2D eigenvalue weighted by molar-refractivity contribution is 5.74.